The number of anilines is 1. The minimum Gasteiger partial charge on any atom is -0.447 e. The van der Waals surface area contributed by atoms with Crippen LogP contribution in [0.15, 0.2) is 24.5 Å². The third kappa shape index (κ3) is 1.42. The lowest BCUT2D eigenvalue weighted by atomic mass is 10.2. The van der Waals surface area contributed by atoms with Crippen LogP contribution >= 0.6 is 0 Å². The Bertz CT molecular complexity index is 328. The number of nitrogens with zero attached hydrogens (tertiary/aromatic N) is 2. The monoisotopic (exact) mass is 193 g/mol. The summed E-state index contributed by atoms with van der Waals surface area (Å²) in [7, 11) is 0. The highest BCUT2D eigenvalue weighted by Gasteiger charge is 2.32. The number of carbonyl (C=O) groups is 1. The summed E-state index contributed by atoms with van der Waals surface area (Å²) in [6.07, 6.45) is 2.93. The molecule has 14 heavy (non-hydrogen) atoms. The van der Waals surface area contributed by atoms with E-state index in [4.69, 9.17) is 10.5 Å². The smallest absolute Gasteiger partial charge is 0.414 e. The highest BCUT2D eigenvalue weighted by atomic mass is 16.6. The van der Waals surface area contributed by atoms with Crippen molar-refractivity contribution in [3.05, 3.63) is 24.5 Å². The van der Waals surface area contributed by atoms with E-state index in [1.54, 1.807) is 29.4 Å². The normalized spacial score (nSPS) is 21.1. The zero-order chi connectivity index (χ0) is 9.97. The predicted octanol–water partition coefficient (Wildman–Crippen LogP) is 0.365. The van der Waals surface area contributed by atoms with Gasteiger partial charge in [-0.2, -0.15) is 0 Å². The molecule has 1 aromatic rings. The molecule has 1 fully saturated rings. The molecule has 5 heteroatoms. The van der Waals surface area contributed by atoms with Crippen LogP contribution in [0.3, 0.4) is 0 Å². The molecular formula is C9H11N3O2. The third-order valence-corrected chi connectivity index (χ3v) is 2.17. The Morgan fingerprint density at radius 3 is 2.93 bits per heavy atom. The third-order valence-electron chi connectivity index (χ3n) is 2.17. The van der Waals surface area contributed by atoms with E-state index in [0.29, 0.717) is 13.2 Å². The van der Waals surface area contributed by atoms with Gasteiger partial charge in [-0.1, -0.05) is 0 Å². The lowest BCUT2D eigenvalue weighted by Crippen LogP contribution is -2.38. The maximum Gasteiger partial charge on any atom is 0.414 e. The molecule has 1 unspecified atom stereocenters. The van der Waals surface area contributed by atoms with Gasteiger partial charge in [0.25, 0.3) is 0 Å². The molecule has 0 aliphatic carbocycles. The number of rotatable bonds is 2. The Kier molecular flexibility index (Phi) is 2.32. The van der Waals surface area contributed by atoms with Crippen LogP contribution < -0.4 is 10.6 Å². The number of pyridine rings is 1. The molecule has 0 aromatic carbocycles. The molecule has 0 saturated carbocycles. The van der Waals surface area contributed by atoms with Crippen LogP contribution in [0.1, 0.15) is 0 Å². The van der Waals surface area contributed by atoms with Gasteiger partial charge in [0.15, 0.2) is 0 Å². The van der Waals surface area contributed by atoms with Gasteiger partial charge in [-0.3, -0.25) is 9.88 Å². The number of cyclic esters (lactones) is 1. The zero-order valence-electron chi connectivity index (χ0n) is 7.59. The first kappa shape index (κ1) is 8.96. The number of hydrogen-bond donors (Lipinski definition) is 1. The van der Waals surface area contributed by atoms with Crippen molar-refractivity contribution in [1.29, 1.82) is 0 Å². The first-order valence-corrected chi connectivity index (χ1v) is 4.39. The standard InChI is InChI=1S/C9H11N3O2/c10-5-8-6-14-9(13)12(8)7-1-3-11-4-2-7/h1-4,8H,5-6,10H2. The molecule has 2 rings (SSSR count). The highest BCUT2D eigenvalue weighted by Crippen LogP contribution is 2.21. The van der Waals surface area contributed by atoms with Crippen molar-refractivity contribution in [3.63, 3.8) is 0 Å². The van der Waals surface area contributed by atoms with Crippen molar-refractivity contribution >= 4 is 11.8 Å². The molecule has 1 aliphatic rings. The van der Waals surface area contributed by atoms with E-state index in [1.165, 1.54) is 0 Å². The molecule has 1 amide bonds. The Balaban J connectivity index is 2.28. The van der Waals surface area contributed by atoms with Gasteiger partial charge in [-0.25, -0.2) is 4.79 Å². The van der Waals surface area contributed by atoms with Gasteiger partial charge in [-0.15, -0.1) is 0 Å². The van der Waals surface area contributed by atoms with Crippen molar-refractivity contribution < 1.29 is 9.53 Å². The fraction of sp³-hybridized carbons (Fsp3) is 0.333. The lowest BCUT2D eigenvalue weighted by Gasteiger charge is -2.19. The topological polar surface area (TPSA) is 68.5 Å². The molecule has 5 nitrogen and oxygen atoms in total. The van der Waals surface area contributed by atoms with Crippen LogP contribution in [0.2, 0.25) is 0 Å². The van der Waals surface area contributed by atoms with Crippen molar-refractivity contribution in [2.75, 3.05) is 18.1 Å². The number of nitrogens with two attached hydrogens (primary N) is 1. The van der Waals surface area contributed by atoms with E-state index >= 15 is 0 Å². The second-order valence-electron chi connectivity index (χ2n) is 3.04. The van der Waals surface area contributed by atoms with Crippen LogP contribution in [0, 0.1) is 0 Å². The number of aromatic nitrogens is 1. The maximum atomic E-state index is 11.4. The molecule has 2 N–H and O–H groups in total. The Morgan fingerprint density at radius 2 is 2.29 bits per heavy atom. The number of amides is 1. The van der Waals surface area contributed by atoms with E-state index in [1.807, 2.05) is 0 Å². The summed E-state index contributed by atoms with van der Waals surface area (Å²) >= 11 is 0. The van der Waals surface area contributed by atoms with Crippen LogP contribution in [0.5, 0.6) is 0 Å². The Morgan fingerprint density at radius 1 is 1.57 bits per heavy atom. The molecule has 74 valence electrons. The second kappa shape index (κ2) is 3.63. The first-order valence-electron chi connectivity index (χ1n) is 4.39. The van der Waals surface area contributed by atoms with E-state index in [0.717, 1.165) is 5.69 Å². The molecule has 0 spiro atoms. The van der Waals surface area contributed by atoms with Gasteiger partial charge in [0.05, 0.1) is 11.7 Å². The fourth-order valence-electron chi connectivity index (χ4n) is 1.45. The van der Waals surface area contributed by atoms with Gasteiger partial charge in [0.2, 0.25) is 0 Å². The van der Waals surface area contributed by atoms with E-state index in [-0.39, 0.29) is 12.1 Å². The maximum absolute atomic E-state index is 11.4. The summed E-state index contributed by atoms with van der Waals surface area (Å²) in [5, 5.41) is 0. The molecule has 2 heterocycles. The van der Waals surface area contributed by atoms with Gasteiger partial charge in [0, 0.05) is 18.9 Å². The van der Waals surface area contributed by atoms with Crippen molar-refractivity contribution in [3.8, 4) is 0 Å². The van der Waals surface area contributed by atoms with Gasteiger partial charge in [-0.05, 0) is 12.1 Å². The molecule has 1 saturated heterocycles. The van der Waals surface area contributed by atoms with Crippen LogP contribution in [-0.2, 0) is 4.74 Å². The molecular weight excluding hydrogens is 182 g/mol. The van der Waals surface area contributed by atoms with Crippen molar-refractivity contribution in [2.45, 2.75) is 6.04 Å². The summed E-state index contributed by atoms with van der Waals surface area (Å²) < 4.78 is 4.91. The summed E-state index contributed by atoms with van der Waals surface area (Å²) in [5.74, 6) is 0. The zero-order valence-corrected chi connectivity index (χ0v) is 7.59. The molecule has 1 atom stereocenters. The van der Waals surface area contributed by atoms with Gasteiger partial charge < -0.3 is 10.5 Å². The number of ether oxygens (including phenoxy) is 1. The average Bonchev–Trinajstić information content (AvgIpc) is 2.61. The largest absolute Gasteiger partial charge is 0.447 e. The molecule has 0 bridgehead atoms. The summed E-state index contributed by atoms with van der Waals surface area (Å²) in [6.45, 7) is 0.756. The lowest BCUT2D eigenvalue weighted by molar-refractivity contribution is 0.179. The first-order chi connectivity index (χ1) is 6.83. The summed E-state index contributed by atoms with van der Waals surface area (Å²) in [6, 6.07) is 3.45. The number of hydrogen-bond acceptors (Lipinski definition) is 4. The predicted molar refractivity (Wildman–Crippen MR) is 50.9 cm³/mol. The minimum absolute atomic E-state index is 0.0649. The molecule has 1 aliphatic heterocycles. The van der Waals surface area contributed by atoms with Gasteiger partial charge >= 0.3 is 6.09 Å². The van der Waals surface area contributed by atoms with Gasteiger partial charge in [0.1, 0.15) is 6.61 Å². The summed E-state index contributed by atoms with van der Waals surface area (Å²) in [4.78, 5) is 16.8. The van der Waals surface area contributed by atoms with Crippen LogP contribution in [-0.4, -0.2) is 30.3 Å². The Labute approximate surface area is 81.5 Å². The molecule has 1 aromatic heterocycles. The summed E-state index contributed by atoms with van der Waals surface area (Å²) in [5.41, 5.74) is 6.31. The van der Waals surface area contributed by atoms with E-state index < -0.39 is 0 Å². The highest BCUT2D eigenvalue weighted by molar-refractivity contribution is 5.90. The minimum atomic E-state index is -0.341. The average molecular weight is 193 g/mol. The number of carbonyl (C=O) groups excluding carboxylic acids is 1. The fourth-order valence-corrected chi connectivity index (χ4v) is 1.45. The van der Waals surface area contributed by atoms with E-state index in [2.05, 4.69) is 4.98 Å². The van der Waals surface area contributed by atoms with Crippen molar-refractivity contribution in [2.24, 2.45) is 5.73 Å². The second-order valence-corrected chi connectivity index (χ2v) is 3.04. The quantitative estimate of drug-likeness (QED) is 0.736. The van der Waals surface area contributed by atoms with E-state index in [9.17, 15) is 4.79 Å². The SMILES string of the molecule is NCC1COC(=O)N1c1ccncc1. The van der Waals surface area contributed by atoms with Crippen LogP contribution in [0.4, 0.5) is 10.5 Å². The molecule has 0 radical (unpaired) electrons. The van der Waals surface area contributed by atoms with Crippen LogP contribution in [0.25, 0.3) is 0 Å². The Hall–Kier alpha value is -1.62. The van der Waals surface area contributed by atoms with Crippen molar-refractivity contribution in [1.82, 2.24) is 4.98 Å².